The van der Waals surface area contributed by atoms with Gasteiger partial charge in [0.15, 0.2) is 0 Å². The van der Waals surface area contributed by atoms with Crippen LogP contribution in [0.4, 0.5) is 0 Å². The van der Waals surface area contributed by atoms with Crippen molar-refractivity contribution >= 4 is 0 Å². The van der Waals surface area contributed by atoms with Crippen LogP contribution in [0.15, 0.2) is 0 Å². The highest BCUT2D eigenvalue weighted by molar-refractivity contribution is 4.72. The van der Waals surface area contributed by atoms with Gasteiger partial charge in [-0.1, -0.05) is 40.0 Å². The minimum atomic E-state index is 0.861. The van der Waals surface area contributed by atoms with E-state index in [1.165, 1.54) is 45.1 Å². The Bertz CT molecular complexity index is 73.1. The minimum absolute atomic E-state index is 0.861. The zero-order valence-corrected chi connectivity index (χ0v) is 9.03. The highest BCUT2D eigenvalue weighted by atomic mass is 14.9. The quantitative estimate of drug-likeness (QED) is 0.686. The number of rotatable bonds is 3. The summed E-state index contributed by atoms with van der Waals surface area (Å²) < 4.78 is 0. The summed E-state index contributed by atoms with van der Waals surface area (Å²) in [6.45, 7) is 7.87. The van der Waals surface area contributed by atoms with Gasteiger partial charge >= 0.3 is 0 Å². The fourth-order valence-corrected chi connectivity index (χ4v) is 1.35. The van der Waals surface area contributed by atoms with Gasteiger partial charge in [0, 0.05) is 6.04 Å². The lowest BCUT2D eigenvalue weighted by Crippen LogP contribution is -2.20. The van der Waals surface area contributed by atoms with E-state index in [2.05, 4.69) is 26.1 Å². The number of hydrogen-bond acceptors (Lipinski definition) is 1. The standard InChI is InChI=1S/C7H15N.C4H10/c1-2-4-7-5-3-6-8-7;1-3-4-2/h7-8H,2-6H2,1H3;3-4H2,1-2H3. The molecule has 0 spiro atoms. The maximum Gasteiger partial charge on any atom is 0.00674 e. The fraction of sp³-hybridized carbons (Fsp3) is 1.00. The molecule has 1 aliphatic rings. The Labute approximate surface area is 77.9 Å². The van der Waals surface area contributed by atoms with Gasteiger partial charge in [-0.05, 0) is 25.8 Å². The Hall–Kier alpha value is -0.0400. The van der Waals surface area contributed by atoms with Gasteiger partial charge in [-0.25, -0.2) is 0 Å². The third-order valence-corrected chi connectivity index (χ3v) is 2.30. The van der Waals surface area contributed by atoms with Crippen molar-refractivity contribution in [1.29, 1.82) is 0 Å². The van der Waals surface area contributed by atoms with Crippen LogP contribution in [-0.2, 0) is 0 Å². The lowest BCUT2D eigenvalue weighted by atomic mass is 10.1. The van der Waals surface area contributed by atoms with Gasteiger partial charge in [-0.15, -0.1) is 0 Å². The molecule has 1 heteroatoms. The van der Waals surface area contributed by atoms with Crippen LogP contribution in [0.25, 0.3) is 0 Å². The Kier molecular flexibility index (Phi) is 9.02. The number of nitrogens with one attached hydrogen (secondary N) is 1. The Morgan fingerprint density at radius 3 is 2.08 bits per heavy atom. The largest absolute Gasteiger partial charge is 0.314 e. The van der Waals surface area contributed by atoms with E-state index in [9.17, 15) is 0 Å². The van der Waals surface area contributed by atoms with Gasteiger partial charge in [0.05, 0.1) is 0 Å². The SMILES string of the molecule is CCCC.CCCC1CCCN1. The molecule has 1 saturated heterocycles. The first-order chi connectivity index (χ1) is 5.85. The van der Waals surface area contributed by atoms with Crippen molar-refractivity contribution in [3.05, 3.63) is 0 Å². The molecule has 1 unspecified atom stereocenters. The van der Waals surface area contributed by atoms with Crippen LogP contribution in [0.1, 0.15) is 59.3 Å². The fourth-order valence-electron chi connectivity index (χ4n) is 1.35. The van der Waals surface area contributed by atoms with Gasteiger partial charge in [0.25, 0.3) is 0 Å². The molecule has 0 aromatic heterocycles. The van der Waals surface area contributed by atoms with Crippen molar-refractivity contribution in [1.82, 2.24) is 5.32 Å². The molecule has 1 rings (SSSR count). The second-order valence-corrected chi connectivity index (χ2v) is 3.58. The molecule has 1 nitrogen and oxygen atoms in total. The molecular weight excluding hydrogens is 146 g/mol. The third kappa shape index (κ3) is 6.66. The molecule has 1 N–H and O–H groups in total. The molecule has 0 radical (unpaired) electrons. The van der Waals surface area contributed by atoms with Crippen molar-refractivity contribution in [2.45, 2.75) is 65.3 Å². The molecule has 1 atom stereocenters. The molecular formula is C11H25N. The zero-order valence-electron chi connectivity index (χ0n) is 9.03. The summed E-state index contributed by atoms with van der Waals surface area (Å²) in [7, 11) is 0. The minimum Gasteiger partial charge on any atom is -0.314 e. The zero-order chi connectivity index (χ0) is 9.23. The monoisotopic (exact) mass is 171 g/mol. The van der Waals surface area contributed by atoms with E-state index in [-0.39, 0.29) is 0 Å². The molecule has 74 valence electrons. The predicted octanol–water partition coefficient (Wildman–Crippen LogP) is 3.34. The Morgan fingerprint density at radius 1 is 1.08 bits per heavy atom. The van der Waals surface area contributed by atoms with Crippen molar-refractivity contribution < 1.29 is 0 Å². The summed E-state index contributed by atoms with van der Waals surface area (Å²) in [5.74, 6) is 0. The lowest BCUT2D eigenvalue weighted by molar-refractivity contribution is 0.551. The molecule has 1 fully saturated rings. The molecule has 0 bridgehead atoms. The molecule has 0 aliphatic carbocycles. The van der Waals surface area contributed by atoms with E-state index in [1.807, 2.05) is 0 Å². The third-order valence-electron chi connectivity index (χ3n) is 2.30. The molecule has 0 amide bonds. The van der Waals surface area contributed by atoms with Crippen LogP contribution in [0.5, 0.6) is 0 Å². The molecule has 1 heterocycles. The van der Waals surface area contributed by atoms with Gasteiger partial charge in [0.1, 0.15) is 0 Å². The van der Waals surface area contributed by atoms with Crippen LogP contribution < -0.4 is 5.32 Å². The summed E-state index contributed by atoms with van der Waals surface area (Å²) in [5.41, 5.74) is 0. The molecule has 12 heavy (non-hydrogen) atoms. The molecule has 0 aromatic rings. The van der Waals surface area contributed by atoms with E-state index in [0.717, 1.165) is 6.04 Å². The van der Waals surface area contributed by atoms with E-state index in [0.29, 0.717) is 0 Å². The summed E-state index contributed by atoms with van der Waals surface area (Å²) in [6, 6.07) is 0.861. The summed E-state index contributed by atoms with van der Waals surface area (Å²) >= 11 is 0. The second kappa shape index (κ2) is 9.05. The van der Waals surface area contributed by atoms with Crippen molar-refractivity contribution in [3.8, 4) is 0 Å². The Balaban J connectivity index is 0.000000261. The van der Waals surface area contributed by atoms with Crippen molar-refractivity contribution in [2.75, 3.05) is 6.54 Å². The first-order valence-corrected chi connectivity index (χ1v) is 5.58. The number of hydrogen-bond donors (Lipinski definition) is 1. The smallest absolute Gasteiger partial charge is 0.00674 e. The van der Waals surface area contributed by atoms with Crippen LogP contribution >= 0.6 is 0 Å². The normalized spacial score (nSPS) is 21.8. The highest BCUT2D eigenvalue weighted by Crippen LogP contribution is 2.09. The maximum absolute atomic E-state index is 3.46. The molecule has 1 aliphatic heterocycles. The average molecular weight is 171 g/mol. The molecule has 0 aromatic carbocycles. The first-order valence-electron chi connectivity index (χ1n) is 5.58. The summed E-state index contributed by atoms with van der Waals surface area (Å²) in [5, 5.41) is 3.46. The second-order valence-electron chi connectivity index (χ2n) is 3.58. The van der Waals surface area contributed by atoms with Gasteiger partial charge < -0.3 is 5.32 Å². The van der Waals surface area contributed by atoms with E-state index in [4.69, 9.17) is 0 Å². The van der Waals surface area contributed by atoms with Gasteiger partial charge in [0.2, 0.25) is 0 Å². The predicted molar refractivity (Wildman–Crippen MR) is 56.5 cm³/mol. The van der Waals surface area contributed by atoms with Crippen molar-refractivity contribution in [2.24, 2.45) is 0 Å². The van der Waals surface area contributed by atoms with Crippen LogP contribution in [-0.4, -0.2) is 12.6 Å². The van der Waals surface area contributed by atoms with Crippen LogP contribution in [0.2, 0.25) is 0 Å². The van der Waals surface area contributed by atoms with Crippen LogP contribution in [0, 0.1) is 0 Å². The Morgan fingerprint density at radius 2 is 1.75 bits per heavy atom. The number of unbranched alkanes of at least 4 members (excludes halogenated alkanes) is 1. The topological polar surface area (TPSA) is 12.0 Å². The highest BCUT2D eigenvalue weighted by Gasteiger charge is 2.11. The summed E-state index contributed by atoms with van der Waals surface area (Å²) in [4.78, 5) is 0. The van der Waals surface area contributed by atoms with Crippen LogP contribution in [0.3, 0.4) is 0 Å². The van der Waals surface area contributed by atoms with E-state index < -0.39 is 0 Å². The molecule has 0 saturated carbocycles. The lowest BCUT2D eigenvalue weighted by Gasteiger charge is -2.05. The summed E-state index contributed by atoms with van der Waals surface area (Å²) in [6.07, 6.45) is 8.15. The van der Waals surface area contributed by atoms with Crippen molar-refractivity contribution in [3.63, 3.8) is 0 Å². The van der Waals surface area contributed by atoms with E-state index in [1.54, 1.807) is 0 Å². The maximum atomic E-state index is 3.46. The van der Waals surface area contributed by atoms with E-state index >= 15 is 0 Å². The van der Waals surface area contributed by atoms with Gasteiger partial charge in [-0.3, -0.25) is 0 Å². The average Bonchev–Trinajstić information content (AvgIpc) is 2.58. The van der Waals surface area contributed by atoms with Gasteiger partial charge in [-0.2, -0.15) is 0 Å². The first kappa shape index (κ1) is 12.0.